The fraction of sp³-hybridized carbons (Fsp3) is 0.133. The molecule has 0 aliphatic carbocycles. The van der Waals surface area contributed by atoms with Gasteiger partial charge in [0, 0.05) is 10.7 Å². The molecule has 106 valence electrons. The van der Waals surface area contributed by atoms with Crippen molar-refractivity contribution in [3.63, 3.8) is 0 Å². The third-order valence-electron chi connectivity index (χ3n) is 2.98. The van der Waals surface area contributed by atoms with E-state index < -0.39 is 6.10 Å². The maximum atomic E-state index is 10.1. The Morgan fingerprint density at radius 1 is 1.14 bits per heavy atom. The molecule has 3 rings (SSSR count). The van der Waals surface area contributed by atoms with Crippen LogP contribution in [-0.2, 0) is 6.42 Å². The number of aliphatic hydroxyl groups is 1. The Morgan fingerprint density at radius 3 is 2.67 bits per heavy atom. The summed E-state index contributed by atoms with van der Waals surface area (Å²) in [5, 5.41) is 14.0. The molecular weight excluding hydrogens is 334 g/mol. The van der Waals surface area contributed by atoms with E-state index in [-0.39, 0.29) is 6.42 Å². The molecule has 1 atom stereocenters. The van der Waals surface area contributed by atoms with Crippen molar-refractivity contribution in [2.75, 3.05) is 0 Å². The van der Waals surface area contributed by atoms with Crippen LogP contribution in [0.5, 0.6) is 0 Å². The van der Waals surface area contributed by atoms with Gasteiger partial charge in [0.1, 0.15) is 5.69 Å². The fourth-order valence-corrected chi connectivity index (χ4v) is 2.14. The van der Waals surface area contributed by atoms with Crippen molar-refractivity contribution in [3.8, 4) is 11.5 Å². The lowest BCUT2D eigenvalue weighted by Crippen LogP contribution is -2.01. The Kier molecular flexibility index (Phi) is 4.08. The van der Waals surface area contributed by atoms with Crippen LogP contribution >= 0.6 is 15.9 Å². The first kappa shape index (κ1) is 13.9. The molecule has 0 radical (unpaired) electrons. The summed E-state index contributed by atoms with van der Waals surface area (Å²) in [6.45, 7) is 0. The van der Waals surface area contributed by atoms with Crippen molar-refractivity contribution in [1.82, 2.24) is 15.1 Å². The van der Waals surface area contributed by atoms with Crippen molar-refractivity contribution in [3.05, 3.63) is 64.6 Å². The minimum absolute atomic E-state index is 0.271. The SMILES string of the molecule is OC(Cc1nc(-c2ccc(Br)cn2)no1)c1ccccc1. The summed E-state index contributed by atoms with van der Waals surface area (Å²) in [6, 6.07) is 13.0. The van der Waals surface area contributed by atoms with Crippen molar-refractivity contribution >= 4 is 15.9 Å². The molecular formula is C15H12BrN3O2. The smallest absolute Gasteiger partial charge is 0.229 e. The molecule has 0 saturated carbocycles. The summed E-state index contributed by atoms with van der Waals surface area (Å²) in [4.78, 5) is 8.46. The Balaban J connectivity index is 1.75. The van der Waals surface area contributed by atoms with E-state index in [1.165, 1.54) is 0 Å². The summed E-state index contributed by atoms with van der Waals surface area (Å²) in [7, 11) is 0. The van der Waals surface area contributed by atoms with Gasteiger partial charge < -0.3 is 9.63 Å². The van der Waals surface area contributed by atoms with E-state index in [1.807, 2.05) is 36.4 Å². The normalized spacial score (nSPS) is 12.3. The lowest BCUT2D eigenvalue weighted by molar-refractivity contribution is 0.165. The van der Waals surface area contributed by atoms with Crippen LogP contribution in [0.25, 0.3) is 11.5 Å². The van der Waals surface area contributed by atoms with Gasteiger partial charge in [0.15, 0.2) is 0 Å². The lowest BCUT2D eigenvalue weighted by Gasteiger charge is -2.07. The van der Waals surface area contributed by atoms with Gasteiger partial charge in [-0.1, -0.05) is 35.5 Å². The van der Waals surface area contributed by atoms with Crippen molar-refractivity contribution < 1.29 is 9.63 Å². The number of benzene rings is 1. The Morgan fingerprint density at radius 2 is 1.95 bits per heavy atom. The van der Waals surface area contributed by atoms with E-state index in [0.29, 0.717) is 17.4 Å². The van der Waals surface area contributed by atoms with Crippen LogP contribution in [-0.4, -0.2) is 20.2 Å². The minimum atomic E-state index is -0.669. The molecule has 0 spiro atoms. The van der Waals surface area contributed by atoms with Gasteiger partial charge in [-0.3, -0.25) is 4.98 Å². The second kappa shape index (κ2) is 6.15. The molecule has 1 aromatic carbocycles. The number of aliphatic hydroxyl groups excluding tert-OH is 1. The lowest BCUT2D eigenvalue weighted by atomic mass is 10.1. The molecule has 1 unspecified atom stereocenters. The molecule has 0 bridgehead atoms. The third-order valence-corrected chi connectivity index (χ3v) is 3.45. The summed E-state index contributed by atoms with van der Waals surface area (Å²) >= 11 is 3.32. The molecule has 2 aromatic heterocycles. The maximum Gasteiger partial charge on any atom is 0.229 e. The monoisotopic (exact) mass is 345 g/mol. The molecule has 0 aliphatic rings. The van der Waals surface area contributed by atoms with Crippen LogP contribution in [0.3, 0.4) is 0 Å². The topological polar surface area (TPSA) is 72.0 Å². The predicted molar refractivity (Wildman–Crippen MR) is 80.3 cm³/mol. The quantitative estimate of drug-likeness (QED) is 0.786. The van der Waals surface area contributed by atoms with Crippen molar-refractivity contribution in [2.45, 2.75) is 12.5 Å². The van der Waals surface area contributed by atoms with E-state index in [4.69, 9.17) is 4.52 Å². The highest BCUT2D eigenvalue weighted by molar-refractivity contribution is 9.10. The van der Waals surface area contributed by atoms with E-state index in [0.717, 1.165) is 10.0 Å². The van der Waals surface area contributed by atoms with Gasteiger partial charge in [-0.2, -0.15) is 4.98 Å². The standard InChI is InChI=1S/C15H12BrN3O2/c16-11-6-7-12(17-9-11)15-18-14(21-19-15)8-13(20)10-4-2-1-3-5-10/h1-7,9,13,20H,8H2. The van der Waals surface area contributed by atoms with Gasteiger partial charge in [0.05, 0.1) is 12.5 Å². The number of aromatic nitrogens is 3. The molecule has 0 aliphatic heterocycles. The molecule has 3 aromatic rings. The Labute approximate surface area is 129 Å². The second-order valence-electron chi connectivity index (χ2n) is 4.50. The number of hydrogen-bond acceptors (Lipinski definition) is 5. The fourth-order valence-electron chi connectivity index (χ4n) is 1.91. The summed E-state index contributed by atoms with van der Waals surface area (Å²) in [5.74, 6) is 0.795. The molecule has 1 N–H and O–H groups in total. The first-order valence-corrected chi connectivity index (χ1v) is 7.19. The van der Waals surface area contributed by atoms with Crippen LogP contribution in [0, 0.1) is 0 Å². The van der Waals surface area contributed by atoms with Crippen LogP contribution in [0.4, 0.5) is 0 Å². The first-order valence-electron chi connectivity index (χ1n) is 6.40. The van der Waals surface area contributed by atoms with Crippen molar-refractivity contribution in [1.29, 1.82) is 0 Å². The minimum Gasteiger partial charge on any atom is -0.388 e. The van der Waals surface area contributed by atoms with Gasteiger partial charge in [-0.15, -0.1) is 0 Å². The molecule has 21 heavy (non-hydrogen) atoms. The van der Waals surface area contributed by atoms with E-state index in [9.17, 15) is 5.11 Å². The van der Waals surface area contributed by atoms with E-state index in [2.05, 4.69) is 31.1 Å². The van der Waals surface area contributed by atoms with Crippen LogP contribution < -0.4 is 0 Å². The maximum absolute atomic E-state index is 10.1. The highest BCUT2D eigenvalue weighted by atomic mass is 79.9. The number of rotatable bonds is 4. The number of hydrogen-bond donors (Lipinski definition) is 1. The Hall–Kier alpha value is -2.05. The predicted octanol–water partition coefficient (Wildman–Crippen LogP) is 3.17. The average Bonchev–Trinajstić information content (AvgIpc) is 2.97. The Bertz CT molecular complexity index is 713. The third kappa shape index (κ3) is 3.34. The first-order chi connectivity index (χ1) is 10.2. The number of nitrogens with zero attached hydrogens (tertiary/aromatic N) is 3. The number of pyridine rings is 1. The summed E-state index contributed by atoms with van der Waals surface area (Å²) < 4.78 is 6.05. The highest BCUT2D eigenvalue weighted by Gasteiger charge is 2.15. The zero-order valence-electron chi connectivity index (χ0n) is 11.0. The van der Waals surface area contributed by atoms with Crippen LogP contribution in [0.2, 0.25) is 0 Å². The van der Waals surface area contributed by atoms with Crippen LogP contribution in [0.15, 0.2) is 57.7 Å². The zero-order valence-corrected chi connectivity index (χ0v) is 12.6. The largest absolute Gasteiger partial charge is 0.388 e. The highest BCUT2D eigenvalue weighted by Crippen LogP contribution is 2.20. The molecule has 0 fully saturated rings. The molecule has 6 heteroatoms. The van der Waals surface area contributed by atoms with E-state index in [1.54, 1.807) is 12.3 Å². The van der Waals surface area contributed by atoms with Gasteiger partial charge in [-0.05, 0) is 33.6 Å². The van der Waals surface area contributed by atoms with Gasteiger partial charge in [0.25, 0.3) is 0 Å². The molecule has 5 nitrogen and oxygen atoms in total. The molecule has 0 amide bonds. The van der Waals surface area contributed by atoms with Gasteiger partial charge in [0.2, 0.25) is 11.7 Å². The van der Waals surface area contributed by atoms with E-state index >= 15 is 0 Å². The number of halogens is 1. The second-order valence-corrected chi connectivity index (χ2v) is 5.42. The van der Waals surface area contributed by atoms with Gasteiger partial charge in [-0.25, -0.2) is 0 Å². The average molecular weight is 346 g/mol. The molecule has 2 heterocycles. The summed E-state index contributed by atoms with van der Waals surface area (Å²) in [6.07, 6.45) is 1.27. The van der Waals surface area contributed by atoms with Gasteiger partial charge >= 0.3 is 0 Å². The zero-order chi connectivity index (χ0) is 14.7. The summed E-state index contributed by atoms with van der Waals surface area (Å²) in [5.41, 5.74) is 1.45. The molecule has 0 saturated heterocycles. The van der Waals surface area contributed by atoms with Crippen LogP contribution in [0.1, 0.15) is 17.6 Å². The van der Waals surface area contributed by atoms with Crippen molar-refractivity contribution in [2.24, 2.45) is 0 Å².